The molecular formula is C42H40Cl2F6Zr. The van der Waals surface area contributed by atoms with Gasteiger partial charge in [0, 0.05) is 0 Å². The fraction of sp³-hybridized carbons (Fsp3) is 0.310. The van der Waals surface area contributed by atoms with Gasteiger partial charge in [-0.15, -0.1) is 0 Å². The Morgan fingerprint density at radius 3 is 1.78 bits per heavy atom. The smallest absolute Gasteiger partial charge is 1.00 e. The summed E-state index contributed by atoms with van der Waals surface area (Å²) in [7, 11) is 0. The Balaban J connectivity index is 0.00000292. The minimum atomic E-state index is -4.62. The zero-order valence-electron chi connectivity index (χ0n) is 29.5. The standard InChI is InChI=1S/C15H8F6.C15H13.C12H19.2ClH.Zr/c16-14(17,18)12-5-1-3-10(8-12)7-11-4-2-6-13(9-11)15(19,20)21;1-10-3-5-14-12(7-10)9-13-8-11(2)4-6-15(13)14;1-9(2)10-6-7-11(8-10)12(3,4)5;;;/h1-6,8-9H;3-7H,9H2,1-2H3;7-10H,1-5H3;2*1H;/q;;;;;+2/p-2. The number of hydrogen-bond donors (Lipinski definition) is 0. The molecule has 0 fully saturated rings. The molecule has 4 aromatic carbocycles. The maximum atomic E-state index is 14.3. The van der Waals surface area contributed by atoms with Crippen molar-refractivity contribution in [3.63, 3.8) is 0 Å². The van der Waals surface area contributed by atoms with E-state index in [-0.39, 0.29) is 42.1 Å². The van der Waals surface area contributed by atoms with Crippen LogP contribution in [-0.2, 0) is 40.0 Å². The summed E-state index contributed by atoms with van der Waals surface area (Å²) in [6.07, 6.45) is -4.00. The van der Waals surface area contributed by atoms with Gasteiger partial charge in [0.2, 0.25) is 0 Å². The average Bonchev–Trinajstić information content (AvgIpc) is 3.62. The van der Waals surface area contributed by atoms with E-state index in [1.54, 1.807) is 12.1 Å². The minimum Gasteiger partial charge on any atom is -1.00 e. The first-order valence-electron chi connectivity index (χ1n) is 16.6. The average molecular weight is 821 g/mol. The van der Waals surface area contributed by atoms with E-state index < -0.39 is 44.7 Å². The molecule has 0 heterocycles. The summed E-state index contributed by atoms with van der Waals surface area (Å²) in [6.45, 7) is 14.8. The van der Waals surface area contributed by atoms with Gasteiger partial charge in [0.15, 0.2) is 0 Å². The maximum absolute atomic E-state index is 14.3. The zero-order valence-corrected chi connectivity index (χ0v) is 33.5. The van der Waals surface area contributed by atoms with Crippen LogP contribution in [0, 0.1) is 31.1 Å². The van der Waals surface area contributed by atoms with Crippen molar-refractivity contribution < 1.29 is 72.4 Å². The van der Waals surface area contributed by atoms with Crippen molar-refractivity contribution in [3.8, 4) is 11.1 Å². The van der Waals surface area contributed by atoms with Gasteiger partial charge in [-0.3, -0.25) is 0 Å². The fourth-order valence-corrected chi connectivity index (χ4v) is 16.6. The molecule has 4 aromatic rings. The van der Waals surface area contributed by atoms with Crippen molar-refractivity contribution in [3.05, 3.63) is 144 Å². The largest absolute Gasteiger partial charge is 1.00 e. The normalized spacial score (nSPS) is 15.2. The van der Waals surface area contributed by atoms with E-state index >= 15 is 0 Å². The van der Waals surface area contributed by atoms with Crippen LogP contribution < -0.4 is 28.1 Å². The second-order valence-corrected chi connectivity index (χ2v) is 20.5. The predicted octanol–water partition coefficient (Wildman–Crippen LogP) is 5.57. The van der Waals surface area contributed by atoms with Crippen molar-refractivity contribution in [2.45, 2.75) is 67.2 Å². The molecule has 0 bridgehead atoms. The van der Waals surface area contributed by atoms with E-state index in [1.165, 1.54) is 21.0 Å². The molecule has 0 saturated heterocycles. The summed E-state index contributed by atoms with van der Waals surface area (Å²) < 4.78 is 88.7. The van der Waals surface area contributed by atoms with Crippen LogP contribution in [0.25, 0.3) is 11.1 Å². The molecule has 0 amide bonds. The molecule has 0 nitrogen and oxygen atoms in total. The summed E-state index contributed by atoms with van der Waals surface area (Å²) >= 11 is -3.73. The first-order chi connectivity index (χ1) is 22.8. The number of aryl methyl sites for hydroxylation is 2. The Bertz CT molecular complexity index is 2000. The van der Waals surface area contributed by atoms with Gasteiger partial charge in [0.25, 0.3) is 0 Å². The number of alkyl halides is 6. The summed E-state index contributed by atoms with van der Waals surface area (Å²) in [6, 6.07) is 21.1. The van der Waals surface area contributed by atoms with Crippen LogP contribution in [0.2, 0.25) is 0 Å². The summed E-state index contributed by atoms with van der Waals surface area (Å²) in [5, 5.41) is 0. The maximum Gasteiger partial charge on any atom is -1.00 e. The molecular weight excluding hydrogens is 781 g/mol. The van der Waals surface area contributed by atoms with Crippen LogP contribution in [-0.4, -0.2) is 3.21 Å². The predicted molar refractivity (Wildman–Crippen MR) is 184 cm³/mol. The Morgan fingerprint density at radius 2 is 1.27 bits per heavy atom. The van der Waals surface area contributed by atoms with Gasteiger partial charge in [-0.25, -0.2) is 0 Å². The van der Waals surface area contributed by atoms with Gasteiger partial charge in [0.05, 0.1) is 0 Å². The van der Waals surface area contributed by atoms with Crippen molar-refractivity contribution in [2.24, 2.45) is 17.3 Å². The van der Waals surface area contributed by atoms with E-state index in [0.717, 1.165) is 60.9 Å². The molecule has 51 heavy (non-hydrogen) atoms. The molecule has 1 unspecified atom stereocenters. The van der Waals surface area contributed by atoms with Gasteiger partial charge in [0.1, 0.15) is 0 Å². The minimum absolute atomic E-state index is 0. The van der Waals surface area contributed by atoms with Crippen LogP contribution in [0.4, 0.5) is 26.3 Å². The van der Waals surface area contributed by atoms with Crippen LogP contribution in [0.1, 0.15) is 79.1 Å². The fourth-order valence-electron chi connectivity index (χ4n) is 7.29. The first-order valence-corrected chi connectivity index (χ1v) is 20.3. The molecule has 0 spiro atoms. The first kappa shape index (κ1) is 41.0. The SMILES string of the molecule is Cc1ccc2c(c1)Cc1c-2ccc(C)[c]1[Zr+2]([C]1=CC(C(C)(C)C)=CC1C(C)C)=[C](c1cccc(C(F)(F)F)c1)c1cccc(C(F)(F)F)c1.[Cl-].[Cl-]. The summed E-state index contributed by atoms with van der Waals surface area (Å²) in [5.74, 6) is 0.166. The Labute approximate surface area is 317 Å². The third kappa shape index (κ3) is 8.11. The van der Waals surface area contributed by atoms with E-state index in [0.29, 0.717) is 20.8 Å². The van der Waals surface area contributed by atoms with Gasteiger partial charge in [-0.05, 0) is 0 Å². The van der Waals surface area contributed by atoms with Crippen LogP contribution >= 0.6 is 0 Å². The molecule has 0 saturated carbocycles. The Kier molecular flexibility index (Phi) is 12.0. The molecule has 0 N–H and O–H groups in total. The van der Waals surface area contributed by atoms with Gasteiger partial charge < -0.3 is 24.8 Å². The quantitative estimate of drug-likeness (QED) is 0.204. The molecule has 2 aliphatic rings. The monoisotopic (exact) mass is 818 g/mol. The van der Waals surface area contributed by atoms with Crippen molar-refractivity contribution in [1.29, 1.82) is 0 Å². The molecule has 0 aromatic heterocycles. The van der Waals surface area contributed by atoms with Crippen LogP contribution in [0.3, 0.4) is 0 Å². The number of halogens is 8. The molecule has 0 aliphatic heterocycles. The third-order valence-corrected chi connectivity index (χ3v) is 18.0. The van der Waals surface area contributed by atoms with Gasteiger partial charge in [-0.2, -0.15) is 0 Å². The number of allylic oxidation sites excluding steroid dienone is 4. The number of fused-ring (bicyclic) bond motifs is 3. The number of hydrogen-bond acceptors (Lipinski definition) is 0. The molecule has 1 atom stereocenters. The van der Waals surface area contributed by atoms with Crippen molar-refractivity contribution in [2.75, 3.05) is 0 Å². The number of benzene rings is 4. The summed E-state index contributed by atoms with van der Waals surface area (Å²) in [5.41, 5.74) is 6.74. The van der Waals surface area contributed by atoms with E-state index in [1.807, 2.05) is 0 Å². The Morgan fingerprint density at radius 1 is 0.725 bits per heavy atom. The molecule has 0 radical (unpaired) electrons. The molecule has 9 heteroatoms. The van der Waals surface area contributed by atoms with E-state index in [4.69, 9.17) is 0 Å². The van der Waals surface area contributed by atoms with E-state index in [2.05, 4.69) is 91.0 Å². The Hall–Kier alpha value is -2.73. The second-order valence-electron chi connectivity index (χ2n) is 14.8. The third-order valence-electron chi connectivity index (χ3n) is 9.80. The molecule has 268 valence electrons. The summed E-state index contributed by atoms with van der Waals surface area (Å²) in [4.78, 5) is 0. The van der Waals surface area contributed by atoms with Crippen molar-refractivity contribution >= 4 is 6.48 Å². The van der Waals surface area contributed by atoms with E-state index in [9.17, 15) is 26.3 Å². The second kappa shape index (κ2) is 15.0. The zero-order chi connectivity index (χ0) is 35.6. The van der Waals surface area contributed by atoms with Gasteiger partial charge >= 0.3 is 294 Å². The van der Waals surface area contributed by atoms with Crippen molar-refractivity contribution in [1.82, 2.24) is 0 Å². The van der Waals surface area contributed by atoms with Gasteiger partial charge in [-0.1, -0.05) is 0 Å². The van der Waals surface area contributed by atoms with Crippen LogP contribution in [0.5, 0.6) is 0 Å². The van der Waals surface area contributed by atoms with Crippen LogP contribution in [0.15, 0.2) is 99.9 Å². The number of rotatable bonds is 5. The molecule has 2 aliphatic carbocycles. The topological polar surface area (TPSA) is 0 Å². The molecule has 6 rings (SSSR count).